The fourth-order valence-electron chi connectivity index (χ4n) is 1.62. The van der Waals surface area contributed by atoms with E-state index in [1.54, 1.807) is 11.8 Å². The first-order valence-corrected chi connectivity index (χ1v) is 6.30. The SMILES string of the molecule is CC(CCO)Sc1nccc2ccccc12. The Kier molecular flexibility index (Phi) is 3.80. The number of rotatable bonds is 4. The third-order valence-electron chi connectivity index (χ3n) is 2.49. The molecule has 84 valence electrons. The average Bonchev–Trinajstić information content (AvgIpc) is 2.30. The monoisotopic (exact) mass is 233 g/mol. The van der Waals surface area contributed by atoms with E-state index in [4.69, 9.17) is 5.11 Å². The van der Waals surface area contributed by atoms with Gasteiger partial charge in [0.25, 0.3) is 0 Å². The number of aromatic nitrogens is 1. The fourth-order valence-corrected chi connectivity index (χ4v) is 2.66. The van der Waals surface area contributed by atoms with Gasteiger partial charge in [-0.05, 0) is 17.9 Å². The zero-order valence-electron chi connectivity index (χ0n) is 9.26. The summed E-state index contributed by atoms with van der Waals surface area (Å²) in [5.74, 6) is 0. The summed E-state index contributed by atoms with van der Waals surface area (Å²) in [4.78, 5) is 4.41. The Morgan fingerprint density at radius 1 is 1.31 bits per heavy atom. The van der Waals surface area contributed by atoms with Crippen LogP contribution in [-0.4, -0.2) is 21.9 Å². The number of nitrogens with zero attached hydrogens (tertiary/aromatic N) is 1. The van der Waals surface area contributed by atoms with Crippen LogP contribution in [0.2, 0.25) is 0 Å². The Morgan fingerprint density at radius 2 is 2.12 bits per heavy atom. The standard InChI is InChI=1S/C13H15NOS/c1-10(7-9-15)16-13-12-5-3-2-4-11(12)6-8-14-13/h2-6,8,10,15H,7,9H2,1H3. The lowest BCUT2D eigenvalue weighted by atomic mass is 10.2. The van der Waals surface area contributed by atoms with Crippen LogP contribution < -0.4 is 0 Å². The second-order valence-corrected chi connectivity index (χ2v) is 5.21. The number of hydrogen-bond acceptors (Lipinski definition) is 3. The van der Waals surface area contributed by atoms with Gasteiger partial charge in [-0.2, -0.15) is 0 Å². The third-order valence-corrected chi connectivity index (χ3v) is 3.67. The lowest BCUT2D eigenvalue weighted by Gasteiger charge is -2.10. The molecular weight excluding hydrogens is 218 g/mol. The molecule has 0 bridgehead atoms. The first-order valence-electron chi connectivity index (χ1n) is 5.42. The molecule has 2 nitrogen and oxygen atoms in total. The summed E-state index contributed by atoms with van der Waals surface area (Å²) in [7, 11) is 0. The van der Waals surface area contributed by atoms with Crippen LogP contribution in [0, 0.1) is 0 Å². The fraction of sp³-hybridized carbons (Fsp3) is 0.308. The van der Waals surface area contributed by atoms with Gasteiger partial charge in [-0.1, -0.05) is 31.2 Å². The van der Waals surface area contributed by atoms with Crippen LogP contribution in [-0.2, 0) is 0 Å². The molecule has 0 aliphatic rings. The number of pyridine rings is 1. The molecule has 0 fully saturated rings. The van der Waals surface area contributed by atoms with Crippen LogP contribution in [0.1, 0.15) is 13.3 Å². The molecule has 0 saturated heterocycles. The second-order valence-electron chi connectivity index (χ2n) is 3.78. The van der Waals surface area contributed by atoms with E-state index in [0.717, 1.165) is 11.4 Å². The Hall–Kier alpha value is -1.06. The van der Waals surface area contributed by atoms with Gasteiger partial charge in [-0.25, -0.2) is 4.98 Å². The van der Waals surface area contributed by atoms with Crippen molar-refractivity contribution in [1.29, 1.82) is 0 Å². The Bertz CT molecular complexity index is 467. The maximum atomic E-state index is 8.89. The molecule has 0 aliphatic heterocycles. The molecule has 16 heavy (non-hydrogen) atoms. The number of aliphatic hydroxyl groups excluding tert-OH is 1. The highest BCUT2D eigenvalue weighted by atomic mass is 32.2. The normalized spacial score (nSPS) is 12.9. The topological polar surface area (TPSA) is 33.1 Å². The van der Waals surface area contributed by atoms with Crippen molar-refractivity contribution >= 4 is 22.5 Å². The van der Waals surface area contributed by atoms with Crippen LogP contribution in [0.3, 0.4) is 0 Å². The number of fused-ring (bicyclic) bond motifs is 1. The molecule has 3 heteroatoms. The Morgan fingerprint density at radius 3 is 2.94 bits per heavy atom. The minimum atomic E-state index is 0.235. The molecule has 2 aromatic rings. The summed E-state index contributed by atoms with van der Waals surface area (Å²) in [5, 5.41) is 12.8. The summed E-state index contributed by atoms with van der Waals surface area (Å²) in [6.07, 6.45) is 2.64. The maximum Gasteiger partial charge on any atom is 0.104 e. The Labute approximate surface area is 99.7 Å². The zero-order chi connectivity index (χ0) is 11.4. The van der Waals surface area contributed by atoms with Crippen molar-refractivity contribution in [2.75, 3.05) is 6.61 Å². The average molecular weight is 233 g/mol. The van der Waals surface area contributed by atoms with Crippen LogP contribution in [0.4, 0.5) is 0 Å². The van der Waals surface area contributed by atoms with E-state index < -0.39 is 0 Å². The zero-order valence-corrected chi connectivity index (χ0v) is 10.1. The summed E-state index contributed by atoms with van der Waals surface area (Å²) in [6.45, 7) is 2.35. The lowest BCUT2D eigenvalue weighted by Crippen LogP contribution is -1.99. The molecule has 0 saturated carbocycles. The molecule has 0 spiro atoms. The summed E-state index contributed by atoms with van der Waals surface area (Å²) < 4.78 is 0. The van der Waals surface area contributed by atoms with Gasteiger partial charge in [0.2, 0.25) is 0 Å². The van der Waals surface area contributed by atoms with Crippen LogP contribution >= 0.6 is 11.8 Å². The van der Waals surface area contributed by atoms with Gasteiger partial charge >= 0.3 is 0 Å². The molecule has 0 aliphatic carbocycles. The smallest absolute Gasteiger partial charge is 0.104 e. The van der Waals surface area contributed by atoms with Crippen molar-refractivity contribution in [2.24, 2.45) is 0 Å². The van der Waals surface area contributed by atoms with E-state index >= 15 is 0 Å². The van der Waals surface area contributed by atoms with E-state index in [1.165, 1.54) is 10.8 Å². The van der Waals surface area contributed by atoms with Crippen molar-refractivity contribution < 1.29 is 5.11 Å². The number of aliphatic hydroxyl groups is 1. The van der Waals surface area contributed by atoms with E-state index in [-0.39, 0.29) is 6.61 Å². The van der Waals surface area contributed by atoms with Gasteiger partial charge in [0.05, 0.1) is 0 Å². The second kappa shape index (κ2) is 5.32. The molecule has 1 unspecified atom stereocenters. The van der Waals surface area contributed by atoms with E-state index in [9.17, 15) is 0 Å². The number of benzene rings is 1. The quantitative estimate of drug-likeness (QED) is 0.824. The summed E-state index contributed by atoms with van der Waals surface area (Å²) >= 11 is 1.73. The molecule has 1 aromatic heterocycles. The van der Waals surface area contributed by atoms with E-state index in [1.807, 2.05) is 24.4 Å². The molecule has 1 heterocycles. The maximum absolute atomic E-state index is 8.89. The molecule has 2 rings (SSSR count). The highest BCUT2D eigenvalue weighted by molar-refractivity contribution is 8.00. The third kappa shape index (κ3) is 2.54. The van der Waals surface area contributed by atoms with Gasteiger partial charge in [0.1, 0.15) is 5.03 Å². The van der Waals surface area contributed by atoms with Gasteiger partial charge < -0.3 is 5.11 Å². The lowest BCUT2D eigenvalue weighted by molar-refractivity contribution is 0.289. The van der Waals surface area contributed by atoms with Crippen LogP contribution in [0.25, 0.3) is 10.8 Å². The van der Waals surface area contributed by atoms with Gasteiger partial charge in [0, 0.05) is 23.4 Å². The van der Waals surface area contributed by atoms with Crippen molar-refractivity contribution in [3.05, 3.63) is 36.5 Å². The minimum absolute atomic E-state index is 0.235. The van der Waals surface area contributed by atoms with Gasteiger partial charge in [-0.3, -0.25) is 0 Å². The van der Waals surface area contributed by atoms with E-state index in [0.29, 0.717) is 5.25 Å². The van der Waals surface area contributed by atoms with Crippen molar-refractivity contribution in [3.63, 3.8) is 0 Å². The first-order chi connectivity index (χ1) is 7.81. The Balaban J connectivity index is 2.30. The van der Waals surface area contributed by atoms with Gasteiger partial charge in [-0.15, -0.1) is 11.8 Å². The van der Waals surface area contributed by atoms with Gasteiger partial charge in [0.15, 0.2) is 0 Å². The molecule has 0 radical (unpaired) electrons. The largest absolute Gasteiger partial charge is 0.396 e. The van der Waals surface area contributed by atoms with E-state index in [2.05, 4.69) is 24.0 Å². The van der Waals surface area contributed by atoms with Crippen molar-refractivity contribution in [2.45, 2.75) is 23.6 Å². The highest BCUT2D eigenvalue weighted by Crippen LogP contribution is 2.29. The number of hydrogen-bond donors (Lipinski definition) is 1. The van der Waals surface area contributed by atoms with Crippen molar-refractivity contribution in [1.82, 2.24) is 4.98 Å². The predicted molar refractivity (Wildman–Crippen MR) is 68.8 cm³/mol. The van der Waals surface area contributed by atoms with Crippen molar-refractivity contribution in [3.8, 4) is 0 Å². The molecule has 1 aromatic carbocycles. The van der Waals surface area contributed by atoms with Crippen LogP contribution in [0.5, 0.6) is 0 Å². The molecular formula is C13H15NOS. The summed E-state index contributed by atoms with van der Waals surface area (Å²) in [6, 6.07) is 10.3. The number of thioether (sulfide) groups is 1. The predicted octanol–water partition coefficient (Wildman–Crippen LogP) is 3.10. The highest BCUT2D eigenvalue weighted by Gasteiger charge is 2.07. The minimum Gasteiger partial charge on any atom is -0.396 e. The molecule has 0 amide bonds. The first kappa shape index (κ1) is 11.4. The molecule has 1 atom stereocenters. The van der Waals surface area contributed by atoms with Crippen LogP contribution in [0.15, 0.2) is 41.6 Å². The molecule has 1 N–H and O–H groups in total. The summed E-state index contributed by atoms with van der Waals surface area (Å²) in [5.41, 5.74) is 0.